The summed E-state index contributed by atoms with van der Waals surface area (Å²) < 4.78 is 5.34. The molecule has 4 rings (SSSR count). The van der Waals surface area contributed by atoms with Gasteiger partial charge in [-0.05, 0) is 68.1 Å². The summed E-state index contributed by atoms with van der Waals surface area (Å²) in [6.07, 6.45) is 4.32. The zero-order valence-corrected chi connectivity index (χ0v) is 17.0. The number of hydrogen-bond donors (Lipinski definition) is 2. The largest absolute Gasteiger partial charge is 0.366 e. The molecule has 0 unspecified atom stereocenters. The van der Waals surface area contributed by atoms with Crippen LogP contribution in [-0.2, 0) is 0 Å². The van der Waals surface area contributed by atoms with Gasteiger partial charge in [0.1, 0.15) is 16.4 Å². The minimum atomic E-state index is -0.376. The molecule has 0 aliphatic heterocycles. The molecule has 3 aromatic heterocycles. The van der Waals surface area contributed by atoms with E-state index in [1.807, 2.05) is 31.4 Å². The second-order valence-corrected chi connectivity index (χ2v) is 8.80. The molecular formula is C18H22N6OS2. The Balaban J connectivity index is 1.54. The van der Waals surface area contributed by atoms with Crippen molar-refractivity contribution in [2.24, 2.45) is 5.18 Å². The first-order chi connectivity index (χ1) is 13.1. The van der Waals surface area contributed by atoms with Crippen molar-refractivity contribution < 1.29 is 0 Å². The molecule has 0 bridgehead atoms. The van der Waals surface area contributed by atoms with Crippen LogP contribution in [0.2, 0.25) is 0 Å². The van der Waals surface area contributed by atoms with E-state index in [0.29, 0.717) is 12.0 Å². The monoisotopic (exact) mass is 402 g/mol. The maximum Gasteiger partial charge on any atom is 0.230 e. The van der Waals surface area contributed by atoms with Crippen molar-refractivity contribution in [3.63, 3.8) is 0 Å². The fraction of sp³-hybridized carbons (Fsp3) is 0.500. The molecular weight excluding hydrogens is 380 g/mol. The Hall–Kier alpha value is -2.13. The number of nitroso groups, excluding NO2 is 1. The zero-order chi connectivity index (χ0) is 18.9. The average molecular weight is 403 g/mol. The summed E-state index contributed by atoms with van der Waals surface area (Å²) in [5.74, 6) is 1.42. The van der Waals surface area contributed by atoms with E-state index in [-0.39, 0.29) is 5.54 Å². The number of thiophene rings is 1. The molecule has 1 aliphatic rings. The van der Waals surface area contributed by atoms with Gasteiger partial charge in [-0.25, -0.2) is 4.98 Å². The molecule has 2 N–H and O–H groups in total. The van der Waals surface area contributed by atoms with Crippen LogP contribution in [0.4, 0.5) is 16.8 Å². The Morgan fingerprint density at radius 3 is 2.81 bits per heavy atom. The van der Waals surface area contributed by atoms with Crippen LogP contribution in [0.3, 0.4) is 0 Å². The molecule has 0 saturated heterocycles. The molecule has 27 heavy (non-hydrogen) atoms. The second kappa shape index (κ2) is 7.47. The number of aromatic nitrogens is 3. The molecule has 0 aromatic carbocycles. The molecule has 0 atom stereocenters. The summed E-state index contributed by atoms with van der Waals surface area (Å²) in [4.78, 5) is 20.6. The average Bonchev–Trinajstić information content (AvgIpc) is 3.31. The Morgan fingerprint density at radius 2 is 2.15 bits per heavy atom. The van der Waals surface area contributed by atoms with Gasteiger partial charge in [0, 0.05) is 6.04 Å². The van der Waals surface area contributed by atoms with Gasteiger partial charge >= 0.3 is 0 Å². The fourth-order valence-corrected chi connectivity index (χ4v) is 4.99. The van der Waals surface area contributed by atoms with Gasteiger partial charge in [0.05, 0.1) is 15.9 Å². The lowest BCUT2D eigenvalue weighted by Gasteiger charge is -2.34. The normalized spacial score (nSPS) is 22.7. The predicted octanol–water partition coefficient (Wildman–Crippen LogP) is 5.47. The quantitative estimate of drug-likeness (QED) is 0.531. The van der Waals surface area contributed by atoms with Gasteiger partial charge in [0.25, 0.3) is 0 Å². The van der Waals surface area contributed by atoms with E-state index in [4.69, 9.17) is 4.98 Å². The molecule has 142 valence electrons. The van der Waals surface area contributed by atoms with E-state index < -0.39 is 0 Å². The van der Waals surface area contributed by atoms with Crippen LogP contribution in [0.15, 0.2) is 22.7 Å². The fourth-order valence-electron chi connectivity index (χ4n) is 3.55. The number of rotatable bonds is 6. The summed E-state index contributed by atoms with van der Waals surface area (Å²) in [7, 11) is 0. The summed E-state index contributed by atoms with van der Waals surface area (Å²) in [5.41, 5.74) is 1.52. The van der Waals surface area contributed by atoms with E-state index in [1.165, 1.54) is 11.5 Å². The van der Waals surface area contributed by atoms with Gasteiger partial charge in [-0.2, -0.15) is 14.3 Å². The summed E-state index contributed by atoms with van der Waals surface area (Å²) in [5, 5.41) is 13.2. The van der Waals surface area contributed by atoms with Crippen molar-refractivity contribution in [1.29, 1.82) is 0 Å². The molecule has 0 spiro atoms. The molecule has 3 heterocycles. The topological polar surface area (TPSA) is 92.2 Å². The Kier molecular flexibility index (Phi) is 5.05. The maximum absolute atomic E-state index is 11.2. The third-order valence-corrected chi connectivity index (χ3v) is 6.98. The third kappa shape index (κ3) is 3.79. The van der Waals surface area contributed by atoms with Crippen LogP contribution >= 0.6 is 22.9 Å². The number of hydrogen-bond acceptors (Lipinski definition) is 9. The zero-order valence-electron chi connectivity index (χ0n) is 15.4. The number of nitrogens with zero attached hydrogens (tertiary/aromatic N) is 4. The number of anilines is 3. The Morgan fingerprint density at radius 1 is 1.33 bits per heavy atom. The van der Waals surface area contributed by atoms with E-state index >= 15 is 0 Å². The second-order valence-electron chi connectivity index (χ2n) is 7.08. The smallest absolute Gasteiger partial charge is 0.230 e. The van der Waals surface area contributed by atoms with E-state index in [2.05, 4.69) is 25.2 Å². The van der Waals surface area contributed by atoms with Crippen molar-refractivity contribution in [3.8, 4) is 0 Å². The third-order valence-electron chi connectivity index (χ3n) is 5.28. The predicted molar refractivity (Wildman–Crippen MR) is 112 cm³/mol. The van der Waals surface area contributed by atoms with Crippen molar-refractivity contribution in [2.45, 2.75) is 57.5 Å². The highest BCUT2D eigenvalue weighted by molar-refractivity contribution is 7.17. The van der Waals surface area contributed by atoms with Crippen LogP contribution in [0.5, 0.6) is 0 Å². The highest BCUT2D eigenvalue weighted by atomic mass is 32.1. The lowest BCUT2D eigenvalue weighted by atomic mass is 9.78. The van der Waals surface area contributed by atoms with Crippen LogP contribution < -0.4 is 10.6 Å². The highest BCUT2D eigenvalue weighted by Gasteiger charge is 2.35. The van der Waals surface area contributed by atoms with Gasteiger partial charge in [0.15, 0.2) is 0 Å². The van der Waals surface area contributed by atoms with Crippen LogP contribution in [0.25, 0.3) is 10.2 Å². The number of nitrogens with one attached hydrogen (secondary N) is 2. The van der Waals surface area contributed by atoms with Crippen molar-refractivity contribution >= 4 is 49.9 Å². The number of aryl methyl sites for hydroxylation is 1. The summed E-state index contributed by atoms with van der Waals surface area (Å²) in [6, 6.07) is 4.29. The van der Waals surface area contributed by atoms with E-state index in [1.54, 1.807) is 11.3 Å². The Labute approximate surface area is 165 Å². The minimum absolute atomic E-state index is 0.296. The first-order valence-corrected chi connectivity index (χ1v) is 10.8. The number of fused-ring (bicyclic) bond motifs is 1. The maximum atomic E-state index is 11.2. The van der Waals surface area contributed by atoms with Crippen LogP contribution in [0, 0.1) is 11.8 Å². The molecule has 1 aliphatic carbocycles. The lowest BCUT2D eigenvalue weighted by Crippen LogP contribution is -2.36. The molecule has 1 saturated carbocycles. The Bertz CT molecular complexity index is 944. The van der Waals surface area contributed by atoms with Crippen molar-refractivity contribution in [2.75, 3.05) is 10.6 Å². The standard InChI is InChI=1S/C18H22N6OS2/c1-3-18(24-25)7-4-12(5-8-18)19-16-15-13(6-9-26-15)20-17(22-16)21-14-10-11(2)23-27-14/h6,9-10,12H,3-5,7-8H2,1-2H3,(H2,19,20,21,22). The molecule has 9 heteroatoms. The first-order valence-electron chi connectivity index (χ1n) is 9.17. The summed E-state index contributed by atoms with van der Waals surface area (Å²) >= 11 is 3.04. The van der Waals surface area contributed by atoms with Crippen molar-refractivity contribution in [1.82, 2.24) is 14.3 Å². The van der Waals surface area contributed by atoms with Gasteiger partial charge in [0.2, 0.25) is 5.95 Å². The van der Waals surface area contributed by atoms with Crippen LogP contribution in [-0.4, -0.2) is 25.9 Å². The van der Waals surface area contributed by atoms with Crippen LogP contribution in [0.1, 0.15) is 44.7 Å². The first kappa shape index (κ1) is 18.2. The lowest BCUT2D eigenvalue weighted by molar-refractivity contribution is 0.274. The molecule has 7 nitrogen and oxygen atoms in total. The van der Waals surface area contributed by atoms with E-state index in [0.717, 1.165) is 58.8 Å². The molecule has 3 aromatic rings. The van der Waals surface area contributed by atoms with Gasteiger partial charge in [-0.15, -0.1) is 11.3 Å². The van der Waals surface area contributed by atoms with Crippen molar-refractivity contribution in [3.05, 3.63) is 28.1 Å². The van der Waals surface area contributed by atoms with Gasteiger partial charge < -0.3 is 10.6 Å². The van der Waals surface area contributed by atoms with E-state index in [9.17, 15) is 4.91 Å². The molecule has 1 fully saturated rings. The molecule has 0 amide bonds. The highest BCUT2D eigenvalue weighted by Crippen LogP contribution is 2.37. The SMILES string of the molecule is CCC1(N=O)CCC(Nc2nc(Nc3cc(C)ns3)nc3ccsc23)CC1. The van der Waals surface area contributed by atoms with Gasteiger partial charge in [-0.3, -0.25) is 0 Å². The summed E-state index contributed by atoms with van der Waals surface area (Å²) in [6.45, 7) is 4.01. The molecule has 0 radical (unpaired) electrons. The van der Waals surface area contributed by atoms with Gasteiger partial charge in [-0.1, -0.05) is 12.1 Å². The minimum Gasteiger partial charge on any atom is -0.366 e.